The van der Waals surface area contributed by atoms with Gasteiger partial charge < -0.3 is 10.1 Å². The van der Waals surface area contributed by atoms with Gasteiger partial charge in [-0.1, -0.05) is 26.0 Å². The van der Waals surface area contributed by atoms with Crippen LogP contribution in [0.1, 0.15) is 37.8 Å². The fourth-order valence-electron chi connectivity index (χ4n) is 2.59. The lowest BCUT2D eigenvalue weighted by Gasteiger charge is -2.33. The number of halogens is 1. The summed E-state index contributed by atoms with van der Waals surface area (Å²) in [6, 6.07) is 5.86. The average Bonchev–Trinajstić information content (AvgIpc) is 2.50. The highest BCUT2D eigenvalue weighted by molar-refractivity contribution is 5.87. The number of ether oxygens (including phenoxy) is 1. The maximum absolute atomic E-state index is 13.3. The fourth-order valence-corrected chi connectivity index (χ4v) is 2.59. The van der Waals surface area contributed by atoms with Gasteiger partial charge in [0.15, 0.2) is 5.78 Å². The highest BCUT2D eigenvalue weighted by atomic mass is 19.1. The van der Waals surface area contributed by atoms with Crippen molar-refractivity contribution in [3.63, 3.8) is 0 Å². The Kier molecular flexibility index (Phi) is 7.05. The van der Waals surface area contributed by atoms with E-state index in [1.54, 1.807) is 32.9 Å². The van der Waals surface area contributed by atoms with E-state index >= 15 is 0 Å². The number of hydrogen-bond donors (Lipinski definition) is 1. The number of carbonyl (C=O) groups excluding carboxylic acids is 2. The van der Waals surface area contributed by atoms with Crippen LogP contribution in [0.15, 0.2) is 18.2 Å². The summed E-state index contributed by atoms with van der Waals surface area (Å²) < 4.78 is 18.0. The summed E-state index contributed by atoms with van der Waals surface area (Å²) in [5.41, 5.74) is 0.608. The molecule has 0 bridgehead atoms. The number of benzene rings is 1. The van der Waals surface area contributed by atoms with Crippen molar-refractivity contribution in [2.24, 2.45) is 5.41 Å². The number of nitriles is 1. The Morgan fingerprint density at radius 1 is 1.42 bits per heavy atom. The van der Waals surface area contributed by atoms with Gasteiger partial charge in [-0.25, -0.2) is 4.39 Å². The predicted molar refractivity (Wildman–Crippen MR) is 87.4 cm³/mol. The van der Waals surface area contributed by atoms with Crippen molar-refractivity contribution in [2.45, 2.75) is 46.2 Å². The smallest absolute Gasteiger partial charge is 0.306 e. The van der Waals surface area contributed by atoms with E-state index in [0.29, 0.717) is 12.1 Å². The summed E-state index contributed by atoms with van der Waals surface area (Å²) in [4.78, 5) is 23.9. The Balaban J connectivity index is 2.93. The zero-order valence-electron chi connectivity index (χ0n) is 14.5. The molecule has 0 aliphatic heterocycles. The largest absolute Gasteiger partial charge is 0.469 e. The number of hydrogen-bond acceptors (Lipinski definition) is 5. The number of nitrogens with zero attached hydrogens (tertiary/aromatic N) is 1. The third-order valence-corrected chi connectivity index (χ3v) is 3.92. The van der Waals surface area contributed by atoms with E-state index in [9.17, 15) is 14.0 Å². The number of Topliss-reactive ketones (excluding diaryl/α,β-unsaturated/α-hetero) is 1. The lowest BCUT2D eigenvalue weighted by molar-refractivity contribution is -0.143. The maximum Gasteiger partial charge on any atom is 0.306 e. The minimum absolute atomic E-state index is 0.0424. The molecule has 0 saturated heterocycles. The molecule has 0 spiro atoms. The molecule has 0 heterocycles. The molecule has 0 fully saturated rings. The quantitative estimate of drug-likeness (QED) is 0.739. The standard InChI is InChI=1S/C18H23FN2O3/c1-12-9-13(5-6-14(12)19)11-21-17(15(22)7-8-20)18(2,3)10-16(23)24-4/h5-6,9,17,21H,7,10-11H2,1-4H3. The SMILES string of the molecule is COC(=O)CC(C)(C)C(NCc1ccc(F)c(C)c1)C(=O)CC#N. The van der Waals surface area contributed by atoms with E-state index < -0.39 is 17.4 Å². The summed E-state index contributed by atoms with van der Waals surface area (Å²) in [7, 11) is 1.29. The van der Waals surface area contributed by atoms with E-state index in [1.807, 2.05) is 6.07 Å². The van der Waals surface area contributed by atoms with Gasteiger partial charge in [0.2, 0.25) is 0 Å². The molecule has 0 saturated carbocycles. The van der Waals surface area contributed by atoms with Crippen LogP contribution in [-0.4, -0.2) is 24.9 Å². The lowest BCUT2D eigenvalue weighted by Crippen LogP contribution is -2.48. The van der Waals surface area contributed by atoms with Crippen LogP contribution >= 0.6 is 0 Å². The van der Waals surface area contributed by atoms with E-state index in [0.717, 1.165) is 5.56 Å². The first-order valence-electron chi connectivity index (χ1n) is 7.66. The molecular formula is C18H23FN2O3. The third kappa shape index (κ3) is 5.43. The van der Waals surface area contributed by atoms with E-state index in [-0.39, 0.29) is 24.4 Å². The van der Waals surface area contributed by atoms with E-state index in [4.69, 9.17) is 5.26 Å². The predicted octanol–water partition coefficient (Wildman–Crippen LogP) is 2.66. The van der Waals surface area contributed by atoms with Crippen LogP contribution in [0.25, 0.3) is 0 Å². The minimum atomic E-state index is -0.726. The summed E-state index contributed by atoms with van der Waals surface area (Å²) in [5, 5.41) is 11.9. The van der Waals surface area contributed by atoms with Crippen molar-refractivity contribution in [1.82, 2.24) is 5.32 Å². The van der Waals surface area contributed by atoms with Crippen LogP contribution in [0, 0.1) is 29.5 Å². The Labute approximate surface area is 141 Å². The van der Waals surface area contributed by atoms with E-state index in [2.05, 4.69) is 10.1 Å². The molecule has 5 nitrogen and oxygen atoms in total. The second kappa shape index (κ2) is 8.55. The summed E-state index contributed by atoms with van der Waals surface area (Å²) >= 11 is 0. The number of ketones is 1. The van der Waals surface area contributed by atoms with Crippen molar-refractivity contribution < 1.29 is 18.7 Å². The van der Waals surface area contributed by atoms with Crippen LogP contribution in [0.5, 0.6) is 0 Å². The van der Waals surface area contributed by atoms with Crippen LogP contribution < -0.4 is 5.32 Å². The highest BCUT2D eigenvalue weighted by Gasteiger charge is 2.36. The Morgan fingerprint density at radius 2 is 2.08 bits per heavy atom. The zero-order valence-corrected chi connectivity index (χ0v) is 14.5. The summed E-state index contributed by atoms with van der Waals surface area (Å²) in [6.45, 7) is 5.53. The molecule has 1 aromatic rings. The number of esters is 1. The Bertz CT molecular complexity index is 650. The molecular weight excluding hydrogens is 311 g/mol. The van der Waals surface area contributed by atoms with Gasteiger partial charge in [0.05, 0.1) is 32.1 Å². The maximum atomic E-state index is 13.3. The average molecular weight is 334 g/mol. The number of nitrogens with one attached hydrogen (secondary N) is 1. The molecule has 1 aromatic carbocycles. The van der Waals surface area contributed by atoms with Crippen molar-refractivity contribution in [3.05, 3.63) is 35.1 Å². The van der Waals surface area contributed by atoms with Crippen LogP contribution in [-0.2, 0) is 20.9 Å². The van der Waals surface area contributed by atoms with Crippen molar-refractivity contribution in [1.29, 1.82) is 5.26 Å². The molecule has 6 heteroatoms. The summed E-state index contributed by atoms with van der Waals surface area (Å²) in [5.74, 6) is -0.999. The molecule has 0 aromatic heterocycles. The van der Waals surface area contributed by atoms with Gasteiger partial charge in [-0.15, -0.1) is 0 Å². The molecule has 1 atom stereocenters. The first kappa shape index (κ1) is 19.8. The molecule has 1 rings (SSSR count). The topological polar surface area (TPSA) is 79.2 Å². The minimum Gasteiger partial charge on any atom is -0.469 e. The molecule has 1 N–H and O–H groups in total. The Hall–Kier alpha value is -2.26. The second-order valence-corrected chi connectivity index (χ2v) is 6.44. The number of aryl methyl sites for hydroxylation is 1. The van der Waals surface area contributed by atoms with Gasteiger partial charge in [-0.2, -0.15) is 5.26 Å². The fraction of sp³-hybridized carbons (Fsp3) is 0.500. The molecule has 0 aliphatic carbocycles. The molecule has 0 radical (unpaired) electrons. The molecule has 130 valence electrons. The molecule has 24 heavy (non-hydrogen) atoms. The van der Waals surface area contributed by atoms with Gasteiger partial charge in [-0.3, -0.25) is 9.59 Å². The third-order valence-electron chi connectivity index (χ3n) is 3.92. The van der Waals surface area contributed by atoms with Crippen molar-refractivity contribution in [3.8, 4) is 6.07 Å². The van der Waals surface area contributed by atoms with Crippen LogP contribution in [0.3, 0.4) is 0 Å². The number of rotatable bonds is 8. The van der Waals surface area contributed by atoms with Gasteiger partial charge in [0.1, 0.15) is 5.82 Å². The second-order valence-electron chi connectivity index (χ2n) is 6.44. The van der Waals surface area contributed by atoms with E-state index in [1.165, 1.54) is 13.2 Å². The lowest BCUT2D eigenvalue weighted by atomic mass is 9.78. The van der Waals surface area contributed by atoms with Gasteiger partial charge in [-0.05, 0) is 29.5 Å². The van der Waals surface area contributed by atoms with Gasteiger partial charge in [0, 0.05) is 6.54 Å². The molecule has 0 aliphatic rings. The van der Waals surface area contributed by atoms with Gasteiger partial charge >= 0.3 is 5.97 Å². The van der Waals surface area contributed by atoms with Crippen molar-refractivity contribution in [2.75, 3.05) is 7.11 Å². The number of carbonyl (C=O) groups is 2. The first-order chi connectivity index (χ1) is 11.2. The molecule has 0 amide bonds. The van der Waals surface area contributed by atoms with Crippen LogP contribution in [0.2, 0.25) is 0 Å². The first-order valence-corrected chi connectivity index (χ1v) is 7.66. The van der Waals surface area contributed by atoms with Gasteiger partial charge in [0.25, 0.3) is 0 Å². The summed E-state index contributed by atoms with van der Waals surface area (Å²) in [6.07, 6.45) is -0.203. The normalized spacial score (nSPS) is 12.3. The monoisotopic (exact) mass is 334 g/mol. The Morgan fingerprint density at radius 3 is 2.62 bits per heavy atom. The zero-order chi connectivity index (χ0) is 18.3. The number of methoxy groups -OCH3 is 1. The highest BCUT2D eigenvalue weighted by Crippen LogP contribution is 2.27. The molecule has 1 unspecified atom stereocenters. The van der Waals surface area contributed by atoms with Crippen molar-refractivity contribution >= 4 is 11.8 Å². The van der Waals surface area contributed by atoms with Crippen LogP contribution in [0.4, 0.5) is 4.39 Å².